The molecule has 1 aromatic heterocycles. The molecule has 0 radical (unpaired) electrons. The molecule has 106 valence electrons. The topological polar surface area (TPSA) is 72.5 Å². The summed E-state index contributed by atoms with van der Waals surface area (Å²) >= 11 is 1.65. The van der Waals surface area contributed by atoms with Crippen molar-refractivity contribution < 1.29 is 17.9 Å². The van der Waals surface area contributed by atoms with Gasteiger partial charge in [0.2, 0.25) is 15.9 Å². The molecular weight excluding hydrogens is 286 g/mol. The maximum atomic E-state index is 12.0. The van der Waals surface area contributed by atoms with Crippen molar-refractivity contribution in [1.29, 1.82) is 0 Å². The molecule has 0 spiro atoms. The smallest absolute Gasteiger partial charge is 0.239 e. The lowest BCUT2D eigenvalue weighted by Crippen LogP contribution is -2.39. The highest BCUT2D eigenvalue weighted by molar-refractivity contribution is 7.90. The van der Waals surface area contributed by atoms with E-state index in [2.05, 4.69) is 4.72 Å². The molecule has 2 unspecified atom stereocenters. The van der Waals surface area contributed by atoms with Gasteiger partial charge in [0, 0.05) is 11.3 Å². The van der Waals surface area contributed by atoms with Gasteiger partial charge in [-0.15, -0.1) is 11.3 Å². The van der Waals surface area contributed by atoms with E-state index in [1.807, 2.05) is 11.4 Å². The van der Waals surface area contributed by atoms with Crippen molar-refractivity contribution in [3.05, 3.63) is 21.9 Å². The molecule has 0 bridgehead atoms. The molecule has 2 atom stereocenters. The quantitative estimate of drug-likeness (QED) is 0.914. The molecule has 5 nitrogen and oxygen atoms in total. The molecule has 0 saturated heterocycles. The van der Waals surface area contributed by atoms with Gasteiger partial charge in [0.15, 0.2) is 0 Å². The molecule has 0 saturated carbocycles. The average Bonchev–Trinajstić information content (AvgIpc) is 2.85. The van der Waals surface area contributed by atoms with E-state index in [4.69, 9.17) is 4.74 Å². The second-order valence-corrected chi connectivity index (χ2v) is 7.51. The van der Waals surface area contributed by atoms with Gasteiger partial charge in [0.05, 0.1) is 24.4 Å². The minimum Gasteiger partial charge on any atom is -0.372 e. The number of amides is 1. The summed E-state index contributed by atoms with van der Waals surface area (Å²) in [7, 11) is -3.52. The predicted octanol–water partition coefficient (Wildman–Crippen LogP) is 1.46. The largest absolute Gasteiger partial charge is 0.372 e. The number of hydrogen-bond acceptors (Lipinski definition) is 5. The van der Waals surface area contributed by atoms with Crippen molar-refractivity contribution in [3.8, 4) is 0 Å². The van der Waals surface area contributed by atoms with Crippen LogP contribution in [0.4, 0.5) is 0 Å². The van der Waals surface area contributed by atoms with E-state index in [9.17, 15) is 13.2 Å². The van der Waals surface area contributed by atoms with Gasteiger partial charge in [-0.05, 0) is 23.9 Å². The Balaban J connectivity index is 2.14. The highest BCUT2D eigenvalue weighted by Gasteiger charge is 2.32. The van der Waals surface area contributed by atoms with Crippen molar-refractivity contribution in [2.24, 2.45) is 5.92 Å². The van der Waals surface area contributed by atoms with Crippen molar-refractivity contribution >= 4 is 27.3 Å². The summed E-state index contributed by atoms with van der Waals surface area (Å²) in [6.07, 6.45) is 0.493. The molecule has 1 aliphatic rings. The molecule has 2 rings (SSSR count). The van der Waals surface area contributed by atoms with Gasteiger partial charge < -0.3 is 4.74 Å². The Hall–Kier alpha value is -0.920. The van der Waals surface area contributed by atoms with Crippen molar-refractivity contribution in [2.75, 3.05) is 12.4 Å². The van der Waals surface area contributed by atoms with Crippen LogP contribution in [0.1, 0.15) is 30.4 Å². The molecule has 0 aliphatic carbocycles. The summed E-state index contributed by atoms with van der Waals surface area (Å²) < 4.78 is 30.6. The van der Waals surface area contributed by atoms with Crippen LogP contribution in [0.3, 0.4) is 0 Å². The molecule has 1 aromatic rings. The summed E-state index contributed by atoms with van der Waals surface area (Å²) in [5.41, 5.74) is 1.01. The van der Waals surface area contributed by atoms with E-state index < -0.39 is 21.8 Å². The number of nitrogens with one attached hydrogen (secondary N) is 1. The van der Waals surface area contributed by atoms with E-state index in [1.165, 1.54) is 11.8 Å². The van der Waals surface area contributed by atoms with Crippen LogP contribution in [0.15, 0.2) is 11.4 Å². The van der Waals surface area contributed by atoms with Gasteiger partial charge in [-0.3, -0.25) is 9.52 Å². The molecule has 1 amide bonds. The zero-order valence-corrected chi connectivity index (χ0v) is 12.5. The number of carbonyl (C=O) groups is 1. The minimum absolute atomic E-state index is 0.110. The molecule has 1 N–H and O–H groups in total. The molecule has 19 heavy (non-hydrogen) atoms. The Morgan fingerprint density at radius 2 is 2.37 bits per heavy atom. The van der Waals surface area contributed by atoms with Crippen LogP contribution in [-0.2, 0) is 26.0 Å². The van der Waals surface area contributed by atoms with Gasteiger partial charge in [0.1, 0.15) is 0 Å². The fourth-order valence-electron chi connectivity index (χ4n) is 2.05. The number of fused-ring (bicyclic) bond motifs is 1. The maximum absolute atomic E-state index is 12.0. The second-order valence-electron chi connectivity index (χ2n) is 4.50. The zero-order valence-electron chi connectivity index (χ0n) is 10.9. The lowest BCUT2D eigenvalue weighted by atomic mass is 9.95. The lowest BCUT2D eigenvalue weighted by molar-refractivity contribution is -0.128. The van der Waals surface area contributed by atoms with Crippen molar-refractivity contribution in [2.45, 2.75) is 26.4 Å². The molecule has 7 heteroatoms. The third-order valence-electron chi connectivity index (χ3n) is 3.22. The summed E-state index contributed by atoms with van der Waals surface area (Å²) in [6, 6.07) is 1.95. The summed E-state index contributed by atoms with van der Waals surface area (Å²) in [4.78, 5) is 13.2. The zero-order chi connectivity index (χ0) is 14.0. The Morgan fingerprint density at radius 1 is 1.63 bits per heavy atom. The van der Waals surface area contributed by atoms with Crippen LogP contribution in [-0.4, -0.2) is 26.7 Å². The van der Waals surface area contributed by atoms with E-state index in [0.717, 1.165) is 12.0 Å². The normalized spacial score (nSPS) is 20.6. The predicted molar refractivity (Wildman–Crippen MR) is 73.5 cm³/mol. The molecule has 0 fully saturated rings. The Labute approximate surface area is 117 Å². The van der Waals surface area contributed by atoms with E-state index in [0.29, 0.717) is 6.61 Å². The van der Waals surface area contributed by atoms with Crippen LogP contribution in [0.25, 0.3) is 0 Å². The fourth-order valence-corrected chi connectivity index (χ4v) is 3.58. The average molecular weight is 303 g/mol. The fraction of sp³-hybridized carbons (Fsp3) is 0.583. The van der Waals surface area contributed by atoms with E-state index in [-0.39, 0.29) is 11.9 Å². The number of rotatable bonds is 4. The van der Waals surface area contributed by atoms with E-state index in [1.54, 1.807) is 18.3 Å². The number of sulfonamides is 1. The standard InChI is InChI=1S/C12H17NO4S2/c1-3-19(15,16)13-12(14)8(2)11-9-5-7-18-10(9)4-6-17-11/h5,7-8,11H,3-4,6H2,1-2H3,(H,13,14). The highest BCUT2D eigenvalue weighted by Crippen LogP contribution is 2.35. The monoisotopic (exact) mass is 303 g/mol. The summed E-state index contributed by atoms with van der Waals surface area (Å²) in [5.74, 6) is -1.15. The van der Waals surface area contributed by atoms with E-state index >= 15 is 0 Å². The van der Waals surface area contributed by atoms with Gasteiger partial charge in [-0.1, -0.05) is 6.92 Å². The summed E-state index contributed by atoms with van der Waals surface area (Å²) in [5, 5.41) is 1.97. The minimum atomic E-state index is -3.52. The van der Waals surface area contributed by atoms with Crippen LogP contribution < -0.4 is 4.72 Å². The maximum Gasteiger partial charge on any atom is 0.239 e. The number of ether oxygens (including phenoxy) is 1. The SMILES string of the molecule is CCS(=O)(=O)NC(=O)C(C)C1OCCc2sccc21. The highest BCUT2D eigenvalue weighted by atomic mass is 32.2. The van der Waals surface area contributed by atoms with Crippen molar-refractivity contribution in [1.82, 2.24) is 4.72 Å². The number of hydrogen-bond donors (Lipinski definition) is 1. The van der Waals surface area contributed by atoms with Crippen LogP contribution >= 0.6 is 11.3 Å². The first kappa shape index (κ1) is 14.5. The Kier molecular flexibility index (Phi) is 4.27. The second kappa shape index (κ2) is 5.60. The Bertz CT molecular complexity index is 564. The number of carbonyl (C=O) groups excluding carboxylic acids is 1. The van der Waals surface area contributed by atoms with Crippen LogP contribution in [0.5, 0.6) is 0 Å². The van der Waals surface area contributed by atoms with Gasteiger partial charge >= 0.3 is 0 Å². The molecular formula is C12H17NO4S2. The first-order valence-electron chi connectivity index (χ1n) is 6.17. The first-order chi connectivity index (χ1) is 8.94. The molecule has 0 aromatic carbocycles. The van der Waals surface area contributed by atoms with Crippen LogP contribution in [0.2, 0.25) is 0 Å². The molecule has 1 aliphatic heterocycles. The third-order valence-corrected chi connectivity index (χ3v) is 5.49. The number of thiophene rings is 1. The third kappa shape index (κ3) is 3.16. The lowest BCUT2D eigenvalue weighted by Gasteiger charge is -2.27. The van der Waals surface area contributed by atoms with Gasteiger partial charge in [-0.25, -0.2) is 8.42 Å². The summed E-state index contributed by atoms with van der Waals surface area (Å²) in [6.45, 7) is 3.75. The van der Waals surface area contributed by atoms with Crippen molar-refractivity contribution in [3.63, 3.8) is 0 Å². The first-order valence-corrected chi connectivity index (χ1v) is 8.70. The van der Waals surface area contributed by atoms with Gasteiger partial charge in [0.25, 0.3) is 0 Å². The van der Waals surface area contributed by atoms with Gasteiger partial charge in [-0.2, -0.15) is 0 Å². The molecule has 2 heterocycles. The van der Waals surface area contributed by atoms with Crippen LogP contribution in [0, 0.1) is 5.92 Å². The Morgan fingerprint density at radius 3 is 3.05 bits per heavy atom.